The van der Waals surface area contributed by atoms with E-state index in [1.807, 2.05) is 6.92 Å². The Labute approximate surface area is 115 Å². The van der Waals surface area contributed by atoms with Gasteiger partial charge in [-0.25, -0.2) is 0 Å². The molecule has 1 aromatic carbocycles. The number of phenols is 2. The molecule has 1 aliphatic rings. The first kappa shape index (κ1) is 14.2. The van der Waals surface area contributed by atoms with Crippen LogP contribution < -0.4 is 5.32 Å². The zero-order valence-corrected chi connectivity index (χ0v) is 11.6. The standard InChI is InChI=1S/C15H24N2O2/c1-12(13-9-14(18)11-15(19)10-13)16-5-8-17-6-3-2-4-7-17/h9-12,16,18-19H,2-8H2,1H3. The Hall–Kier alpha value is -1.26. The van der Waals surface area contributed by atoms with E-state index in [4.69, 9.17) is 0 Å². The third-order valence-electron chi connectivity index (χ3n) is 3.75. The van der Waals surface area contributed by atoms with Crippen molar-refractivity contribution < 1.29 is 10.2 Å². The molecular weight excluding hydrogens is 240 g/mol. The molecule has 0 bridgehead atoms. The molecule has 1 saturated heterocycles. The Balaban J connectivity index is 1.78. The summed E-state index contributed by atoms with van der Waals surface area (Å²) in [5.74, 6) is 0.222. The van der Waals surface area contributed by atoms with Crippen molar-refractivity contribution in [3.63, 3.8) is 0 Å². The van der Waals surface area contributed by atoms with Gasteiger partial charge in [-0.1, -0.05) is 6.42 Å². The predicted octanol–water partition coefficient (Wildman–Crippen LogP) is 2.23. The van der Waals surface area contributed by atoms with Gasteiger partial charge in [-0.05, 0) is 50.6 Å². The second-order valence-corrected chi connectivity index (χ2v) is 5.36. The van der Waals surface area contributed by atoms with Gasteiger partial charge in [0.15, 0.2) is 0 Å². The lowest BCUT2D eigenvalue weighted by atomic mass is 10.1. The van der Waals surface area contributed by atoms with Crippen LogP contribution in [0.5, 0.6) is 11.5 Å². The molecule has 2 rings (SSSR count). The molecule has 1 aliphatic heterocycles. The van der Waals surface area contributed by atoms with Crippen LogP contribution in [0.2, 0.25) is 0 Å². The number of rotatable bonds is 5. The topological polar surface area (TPSA) is 55.7 Å². The zero-order valence-electron chi connectivity index (χ0n) is 11.6. The molecule has 1 atom stereocenters. The van der Waals surface area contributed by atoms with Crippen LogP contribution in [-0.2, 0) is 0 Å². The molecule has 0 spiro atoms. The van der Waals surface area contributed by atoms with Gasteiger partial charge in [0.1, 0.15) is 11.5 Å². The molecule has 0 amide bonds. The number of phenolic OH excluding ortho intramolecular Hbond substituents is 2. The van der Waals surface area contributed by atoms with Crippen molar-refractivity contribution in [1.82, 2.24) is 10.2 Å². The number of hydrogen-bond acceptors (Lipinski definition) is 4. The Bertz CT molecular complexity index is 383. The Kier molecular flexibility index (Phi) is 5.05. The van der Waals surface area contributed by atoms with Crippen LogP contribution in [0.25, 0.3) is 0 Å². The first-order valence-electron chi connectivity index (χ1n) is 7.14. The van der Waals surface area contributed by atoms with Crippen molar-refractivity contribution in [2.75, 3.05) is 26.2 Å². The molecular formula is C15H24N2O2. The summed E-state index contributed by atoms with van der Waals surface area (Å²) < 4.78 is 0. The molecule has 4 heteroatoms. The van der Waals surface area contributed by atoms with Crippen molar-refractivity contribution in [2.45, 2.75) is 32.2 Å². The monoisotopic (exact) mass is 264 g/mol. The second kappa shape index (κ2) is 6.78. The molecule has 0 saturated carbocycles. The van der Waals surface area contributed by atoms with Crippen molar-refractivity contribution in [1.29, 1.82) is 0 Å². The number of likely N-dealkylation sites (tertiary alicyclic amines) is 1. The quantitative estimate of drug-likeness (QED) is 0.763. The summed E-state index contributed by atoms with van der Waals surface area (Å²) >= 11 is 0. The lowest BCUT2D eigenvalue weighted by Crippen LogP contribution is -2.36. The van der Waals surface area contributed by atoms with Gasteiger partial charge in [0, 0.05) is 25.2 Å². The summed E-state index contributed by atoms with van der Waals surface area (Å²) in [5, 5.41) is 22.4. The molecule has 1 fully saturated rings. The van der Waals surface area contributed by atoms with E-state index in [2.05, 4.69) is 10.2 Å². The average Bonchev–Trinajstić information content (AvgIpc) is 2.38. The van der Waals surface area contributed by atoms with E-state index >= 15 is 0 Å². The van der Waals surface area contributed by atoms with E-state index in [1.54, 1.807) is 12.1 Å². The highest BCUT2D eigenvalue weighted by Crippen LogP contribution is 2.24. The average molecular weight is 264 g/mol. The van der Waals surface area contributed by atoms with Gasteiger partial charge < -0.3 is 20.4 Å². The number of hydrogen-bond donors (Lipinski definition) is 3. The maximum atomic E-state index is 9.48. The fraction of sp³-hybridized carbons (Fsp3) is 0.600. The van der Waals surface area contributed by atoms with Crippen molar-refractivity contribution in [2.24, 2.45) is 0 Å². The predicted molar refractivity (Wildman–Crippen MR) is 76.5 cm³/mol. The summed E-state index contributed by atoms with van der Waals surface area (Å²) in [6, 6.07) is 4.86. The normalized spacial score (nSPS) is 18.4. The highest BCUT2D eigenvalue weighted by atomic mass is 16.3. The van der Waals surface area contributed by atoms with Crippen LogP contribution in [0, 0.1) is 0 Å². The highest BCUT2D eigenvalue weighted by Gasteiger charge is 2.11. The second-order valence-electron chi connectivity index (χ2n) is 5.36. The molecule has 1 unspecified atom stereocenters. The van der Waals surface area contributed by atoms with Crippen molar-refractivity contribution >= 4 is 0 Å². The van der Waals surface area contributed by atoms with E-state index in [1.165, 1.54) is 38.4 Å². The van der Waals surface area contributed by atoms with Crippen LogP contribution in [0.3, 0.4) is 0 Å². The van der Waals surface area contributed by atoms with E-state index in [0.717, 1.165) is 18.7 Å². The van der Waals surface area contributed by atoms with Gasteiger partial charge in [-0.15, -0.1) is 0 Å². The number of nitrogens with zero attached hydrogens (tertiary/aromatic N) is 1. The molecule has 1 aromatic rings. The summed E-state index contributed by atoms with van der Waals surface area (Å²) in [5.41, 5.74) is 0.913. The first-order valence-corrected chi connectivity index (χ1v) is 7.14. The third kappa shape index (κ3) is 4.40. The van der Waals surface area contributed by atoms with Crippen LogP contribution in [-0.4, -0.2) is 41.3 Å². The van der Waals surface area contributed by atoms with Gasteiger partial charge in [0.25, 0.3) is 0 Å². The molecule has 1 heterocycles. The van der Waals surface area contributed by atoms with Crippen molar-refractivity contribution in [3.05, 3.63) is 23.8 Å². The lowest BCUT2D eigenvalue weighted by Gasteiger charge is -2.27. The van der Waals surface area contributed by atoms with Crippen LogP contribution in [0.1, 0.15) is 37.8 Å². The molecule has 19 heavy (non-hydrogen) atoms. The number of aromatic hydroxyl groups is 2. The van der Waals surface area contributed by atoms with Gasteiger partial charge in [-0.3, -0.25) is 0 Å². The van der Waals surface area contributed by atoms with Crippen LogP contribution >= 0.6 is 0 Å². The number of benzene rings is 1. The molecule has 0 aliphatic carbocycles. The fourth-order valence-electron chi connectivity index (χ4n) is 2.61. The fourth-order valence-corrected chi connectivity index (χ4v) is 2.61. The van der Waals surface area contributed by atoms with Gasteiger partial charge in [0.05, 0.1) is 0 Å². The van der Waals surface area contributed by atoms with E-state index in [0.29, 0.717) is 0 Å². The molecule has 4 nitrogen and oxygen atoms in total. The lowest BCUT2D eigenvalue weighted by molar-refractivity contribution is 0.227. The SMILES string of the molecule is CC(NCCN1CCCCC1)c1cc(O)cc(O)c1. The minimum absolute atomic E-state index is 0.111. The van der Waals surface area contributed by atoms with E-state index in [9.17, 15) is 10.2 Å². The molecule has 0 aromatic heterocycles. The van der Waals surface area contributed by atoms with Crippen LogP contribution in [0.15, 0.2) is 18.2 Å². The molecule has 106 valence electrons. The minimum Gasteiger partial charge on any atom is -0.508 e. The summed E-state index contributed by atoms with van der Waals surface area (Å²) in [7, 11) is 0. The Morgan fingerprint density at radius 2 is 1.74 bits per heavy atom. The largest absolute Gasteiger partial charge is 0.508 e. The number of nitrogens with one attached hydrogen (secondary N) is 1. The minimum atomic E-state index is 0.111. The zero-order chi connectivity index (χ0) is 13.7. The van der Waals surface area contributed by atoms with E-state index in [-0.39, 0.29) is 17.5 Å². The highest BCUT2D eigenvalue weighted by molar-refractivity contribution is 5.37. The summed E-state index contributed by atoms with van der Waals surface area (Å²) in [4.78, 5) is 2.49. The maximum Gasteiger partial charge on any atom is 0.119 e. The first-order chi connectivity index (χ1) is 9.15. The smallest absolute Gasteiger partial charge is 0.119 e. The van der Waals surface area contributed by atoms with E-state index < -0.39 is 0 Å². The molecule has 0 radical (unpaired) electrons. The van der Waals surface area contributed by atoms with Gasteiger partial charge in [-0.2, -0.15) is 0 Å². The third-order valence-corrected chi connectivity index (χ3v) is 3.75. The Morgan fingerprint density at radius 1 is 1.11 bits per heavy atom. The Morgan fingerprint density at radius 3 is 2.37 bits per heavy atom. The van der Waals surface area contributed by atoms with Gasteiger partial charge >= 0.3 is 0 Å². The summed E-state index contributed by atoms with van der Waals surface area (Å²) in [6.45, 7) is 6.46. The van der Waals surface area contributed by atoms with Crippen LogP contribution in [0.4, 0.5) is 0 Å². The van der Waals surface area contributed by atoms with Crippen molar-refractivity contribution in [3.8, 4) is 11.5 Å². The molecule has 3 N–H and O–H groups in total. The number of piperidine rings is 1. The maximum absolute atomic E-state index is 9.48. The summed E-state index contributed by atoms with van der Waals surface area (Å²) in [6.07, 6.45) is 3.99. The van der Waals surface area contributed by atoms with Gasteiger partial charge in [0.2, 0.25) is 0 Å².